The van der Waals surface area contributed by atoms with Gasteiger partial charge in [0.15, 0.2) is 6.61 Å². The standard InChI is InChI=1S/C39H50O5/c1-25-19-31(37(33(40)21-25)27-13-8-6-9-14-27)36(29-17-12-18-30(23-29)43-24-35(42)44-39(3,4)5)32-20-26(2)22-34(41)38(32)28-15-10-7-11-16-28/h12,17-23,27-28,36,40-41H,6-11,13-16,24H2,1-5H3. The summed E-state index contributed by atoms with van der Waals surface area (Å²) >= 11 is 0. The Balaban J connectivity index is 1.68. The highest BCUT2D eigenvalue weighted by Crippen LogP contribution is 2.49. The number of carbonyl (C=O) groups excluding carboxylic acids is 1. The van der Waals surface area contributed by atoms with Crippen molar-refractivity contribution in [1.29, 1.82) is 0 Å². The van der Waals surface area contributed by atoms with Crippen molar-refractivity contribution in [3.8, 4) is 17.2 Å². The number of carbonyl (C=O) groups is 1. The van der Waals surface area contributed by atoms with Crippen LogP contribution in [0.3, 0.4) is 0 Å². The summed E-state index contributed by atoms with van der Waals surface area (Å²) in [5, 5.41) is 23.1. The Hall–Kier alpha value is -3.47. The van der Waals surface area contributed by atoms with Crippen molar-refractivity contribution in [3.63, 3.8) is 0 Å². The molecular formula is C39H50O5. The quantitative estimate of drug-likeness (QED) is 0.199. The van der Waals surface area contributed by atoms with Gasteiger partial charge < -0.3 is 19.7 Å². The van der Waals surface area contributed by atoms with Crippen molar-refractivity contribution in [2.24, 2.45) is 0 Å². The Morgan fingerprint density at radius 3 is 1.75 bits per heavy atom. The molecule has 0 amide bonds. The van der Waals surface area contributed by atoms with Crippen molar-refractivity contribution in [2.45, 2.75) is 122 Å². The number of hydrogen-bond acceptors (Lipinski definition) is 5. The number of ether oxygens (including phenoxy) is 2. The van der Waals surface area contributed by atoms with E-state index in [-0.39, 0.29) is 24.4 Å². The van der Waals surface area contributed by atoms with E-state index < -0.39 is 11.6 Å². The minimum absolute atomic E-state index is 0.178. The number of phenolic OH excluding ortho intramolecular Hbond substituents is 2. The van der Waals surface area contributed by atoms with E-state index in [1.54, 1.807) is 0 Å². The van der Waals surface area contributed by atoms with E-state index in [2.05, 4.69) is 18.2 Å². The monoisotopic (exact) mass is 598 g/mol. The van der Waals surface area contributed by atoms with Crippen LogP contribution in [-0.2, 0) is 9.53 Å². The van der Waals surface area contributed by atoms with Crippen LogP contribution in [-0.4, -0.2) is 28.4 Å². The molecule has 2 N–H and O–H groups in total. The molecule has 0 spiro atoms. The average Bonchev–Trinajstić information content (AvgIpc) is 2.96. The maximum absolute atomic E-state index is 12.5. The normalized spacial score (nSPS) is 16.7. The van der Waals surface area contributed by atoms with Gasteiger partial charge in [0.05, 0.1) is 0 Å². The van der Waals surface area contributed by atoms with Gasteiger partial charge in [-0.15, -0.1) is 0 Å². The lowest BCUT2D eigenvalue weighted by molar-refractivity contribution is -0.157. The Labute approximate surface area is 263 Å². The van der Waals surface area contributed by atoms with Gasteiger partial charge in [-0.1, -0.05) is 62.8 Å². The molecule has 0 aliphatic heterocycles. The van der Waals surface area contributed by atoms with Gasteiger partial charge >= 0.3 is 5.97 Å². The lowest BCUT2D eigenvalue weighted by Crippen LogP contribution is -2.27. The molecule has 5 heteroatoms. The van der Waals surface area contributed by atoms with Crippen LogP contribution in [0.4, 0.5) is 0 Å². The number of aryl methyl sites for hydroxylation is 2. The van der Waals surface area contributed by atoms with Gasteiger partial charge in [-0.25, -0.2) is 4.79 Å². The number of rotatable bonds is 8. The second-order valence-electron chi connectivity index (χ2n) is 14.1. The summed E-state index contributed by atoms with van der Waals surface area (Å²) in [5.41, 5.74) is 6.72. The molecule has 0 aromatic heterocycles. The van der Waals surface area contributed by atoms with Crippen molar-refractivity contribution >= 4 is 5.97 Å². The van der Waals surface area contributed by atoms with Crippen LogP contribution >= 0.6 is 0 Å². The predicted octanol–water partition coefficient (Wildman–Crippen LogP) is 9.71. The number of phenols is 2. The zero-order valence-electron chi connectivity index (χ0n) is 27.2. The van der Waals surface area contributed by atoms with E-state index in [9.17, 15) is 15.0 Å². The summed E-state index contributed by atoms with van der Waals surface area (Å²) in [5.74, 6) is 1.24. The second kappa shape index (κ2) is 13.7. The minimum Gasteiger partial charge on any atom is -0.508 e. The highest BCUT2D eigenvalue weighted by Gasteiger charge is 2.32. The van der Waals surface area contributed by atoms with Gasteiger partial charge in [-0.3, -0.25) is 0 Å². The highest BCUT2D eigenvalue weighted by molar-refractivity contribution is 5.71. The van der Waals surface area contributed by atoms with Gasteiger partial charge in [0.1, 0.15) is 22.8 Å². The SMILES string of the molecule is Cc1cc(O)c(C2CCCCC2)c(C(c2cccc(OCC(=O)OC(C)(C)C)c2)c2cc(C)cc(O)c2C2CCCCC2)c1. The van der Waals surface area contributed by atoms with Crippen LogP contribution in [0.5, 0.6) is 17.2 Å². The van der Waals surface area contributed by atoms with Crippen LogP contribution in [0.25, 0.3) is 0 Å². The molecule has 44 heavy (non-hydrogen) atoms. The van der Waals surface area contributed by atoms with E-state index in [4.69, 9.17) is 9.47 Å². The molecule has 5 rings (SSSR count). The molecule has 2 saturated carbocycles. The van der Waals surface area contributed by atoms with Gasteiger partial charge in [0.25, 0.3) is 0 Å². The first-order valence-corrected chi connectivity index (χ1v) is 16.6. The summed E-state index contributed by atoms with van der Waals surface area (Å²) in [6, 6.07) is 16.3. The van der Waals surface area contributed by atoms with E-state index in [1.807, 2.05) is 65.0 Å². The van der Waals surface area contributed by atoms with E-state index >= 15 is 0 Å². The zero-order chi connectivity index (χ0) is 31.4. The predicted molar refractivity (Wildman–Crippen MR) is 176 cm³/mol. The van der Waals surface area contributed by atoms with Crippen molar-refractivity contribution in [1.82, 2.24) is 0 Å². The molecule has 0 unspecified atom stereocenters. The summed E-state index contributed by atoms with van der Waals surface area (Å²) in [6.07, 6.45) is 11.3. The molecule has 0 saturated heterocycles. The maximum Gasteiger partial charge on any atom is 0.344 e. The van der Waals surface area contributed by atoms with Gasteiger partial charge in [0, 0.05) is 17.0 Å². The molecule has 0 atom stereocenters. The Morgan fingerprint density at radius 2 is 1.27 bits per heavy atom. The smallest absolute Gasteiger partial charge is 0.344 e. The van der Waals surface area contributed by atoms with Crippen LogP contribution in [0, 0.1) is 13.8 Å². The average molecular weight is 599 g/mol. The fourth-order valence-electron chi connectivity index (χ4n) is 7.59. The minimum atomic E-state index is -0.585. The summed E-state index contributed by atoms with van der Waals surface area (Å²) < 4.78 is 11.5. The van der Waals surface area contributed by atoms with Crippen molar-refractivity contribution in [2.75, 3.05) is 6.61 Å². The number of aromatic hydroxyl groups is 2. The molecule has 2 aliphatic rings. The lowest BCUT2D eigenvalue weighted by Gasteiger charge is -2.33. The van der Waals surface area contributed by atoms with Gasteiger partial charge in [0.2, 0.25) is 0 Å². The van der Waals surface area contributed by atoms with Crippen molar-refractivity contribution in [3.05, 3.63) is 87.5 Å². The third-order valence-electron chi connectivity index (χ3n) is 9.29. The Morgan fingerprint density at radius 1 is 0.773 bits per heavy atom. The third-order valence-corrected chi connectivity index (χ3v) is 9.29. The molecule has 2 fully saturated rings. The summed E-state index contributed by atoms with van der Waals surface area (Å²) in [6.45, 7) is 9.44. The van der Waals surface area contributed by atoms with Gasteiger partial charge in [-0.05, 0) is 124 Å². The molecule has 0 radical (unpaired) electrons. The van der Waals surface area contributed by atoms with Crippen LogP contribution in [0.1, 0.15) is 142 Å². The molecular weight excluding hydrogens is 548 g/mol. The van der Waals surface area contributed by atoms with Crippen LogP contribution in [0.15, 0.2) is 48.5 Å². The molecule has 0 bridgehead atoms. The highest BCUT2D eigenvalue weighted by atomic mass is 16.6. The first kappa shape index (κ1) is 31.9. The van der Waals surface area contributed by atoms with Gasteiger partial charge in [-0.2, -0.15) is 0 Å². The summed E-state index contributed by atoms with van der Waals surface area (Å²) in [7, 11) is 0. The fourth-order valence-corrected chi connectivity index (χ4v) is 7.59. The first-order chi connectivity index (χ1) is 21.0. The maximum atomic E-state index is 12.5. The molecule has 2 aliphatic carbocycles. The molecule has 5 nitrogen and oxygen atoms in total. The summed E-state index contributed by atoms with van der Waals surface area (Å²) in [4.78, 5) is 12.5. The third kappa shape index (κ3) is 7.60. The second-order valence-corrected chi connectivity index (χ2v) is 14.1. The fraction of sp³-hybridized carbons (Fsp3) is 0.513. The number of hydrogen-bond donors (Lipinski definition) is 2. The Bertz CT molecular complexity index is 1380. The van der Waals surface area contributed by atoms with E-state index in [1.165, 1.54) is 12.8 Å². The topological polar surface area (TPSA) is 76.0 Å². The van der Waals surface area contributed by atoms with Crippen molar-refractivity contribution < 1.29 is 24.5 Å². The molecule has 236 valence electrons. The number of benzene rings is 3. The largest absolute Gasteiger partial charge is 0.508 e. The molecule has 0 heterocycles. The number of esters is 1. The molecule has 3 aromatic rings. The van der Waals surface area contributed by atoms with Crippen LogP contribution in [0.2, 0.25) is 0 Å². The lowest BCUT2D eigenvalue weighted by atomic mass is 9.71. The Kier molecular flexibility index (Phi) is 9.92. The van der Waals surface area contributed by atoms with E-state index in [0.29, 0.717) is 17.2 Å². The van der Waals surface area contributed by atoms with Crippen LogP contribution < -0.4 is 4.74 Å². The molecule has 3 aromatic carbocycles. The van der Waals surface area contributed by atoms with E-state index in [0.717, 1.165) is 90.3 Å². The first-order valence-electron chi connectivity index (χ1n) is 16.6. The zero-order valence-corrected chi connectivity index (χ0v) is 27.2.